The van der Waals surface area contributed by atoms with Crippen LogP contribution in [0.5, 0.6) is 0 Å². The topological polar surface area (TPSA) is 40.5 Å². The van der Waals surface area contributed by atoms with Crippen LogP contribution in [-0.4, -0.2) is 35.6 Å². The van der Waals surface area contributed by atoms with E-state index < -0.39 is 11.4 Å². The lowest BCUT2D eigenvalue weighted by Gasteiger charge is -2.36. The summed E-state index contributed by atoms with van der Waals surface area (Å²) in [5, 5.41) is 9.23. The Morgan fingerprint density at radius 3 is 2.31 bits per heavy atom. The fourth-order valence-corrected chi connectivity index (χ4v) is 2.38. The monoisotopic (exact) mass is 227 g/mol. The van der Waals surface area contributed by atoms with Crippen molar-refractivity contribution in [3.05, 3.63) is 0 Å². The van der Waals surface area contributed by atoms with Crippen LogP contribution in [0, 0.1) is 11.3 Å². The number of carbonyl (C=O) groups is 1. The van der Waals surface area contributed by atoms with Crippen molar-refractivity contribution in [1.29, 1.82) is 0 Å². The Bertz CT molecular complexity index is 234. The highest BCUT2D eigenvalue weighted by atomic mass is 16.4. The van der Waals surface area contributed by atoms with Crippen LogP contribution in [0.1, 0.15) is 46.5 Å². The first-order chi connectivity index (χ1) is 7.51. The summed E-state index contributed by atoms with van der Waals surface area (Å²) in [6.07, 6.45) is 4.43. The van der Waals surface area contributed by atoms with E-state index in [-0.39, 0.29) is 0 Å². The van der Waals surface area contributed by atoms with E-state index >= 15 is 0 Å². The molecule has 3 nitrogen and oxygen atoms in total. The largest absolute Gasteiger partial charge is 0.481 e. The number of hydrogen-bond acceptors (Lipinski definition) is 2. The predicted octanol–water partition coefficient (Wildman–Crippen LogP) is 2.61. The molecule has 0 saturated carbocycles. The molecule has 0 aromatic heterocycles. The van der Waals surface area contributed by atoms with Gasteiger partial charge in [-0.3, -0.25) is 4.79 Å². The molecule has 1 atom stereocenters. The molecule has 0 aromatic rings. The van der Waals surface area contributed by atoms with Gasteiger partial charge in [0.2, 0.25) is 0 Å². The van der Waals surface area contributed by atoms with Crippen LogP contribution in [0.4, 0.5) is 0 Å². The Labute approximate surface area is 98.8 Å². The smallest absolute Gasteiger partial charge is 0.310 e. The summed E-state index contributed by atoms with van der Waals surface area (Å²) < 4.78 is 0. The molecular formula is C13H25NO2. The van der Waals surface area contributed by atoms with E-state index in [0.717, 1.165) is 19.0 Å². The molecule has 3 heteroatoms. The number of hydrogen-bond donors (Lipinski definition) is 1. The maximum atomic E-state index is 11.2. The van der Waals surface area contributed by atoms with Crippen molar-refractivity contribution in [3.63, 3.8) is 0 Å². The lowest BCUT2D eigenvalue weighted by atomic mass is 9.85. The standard InChI is InChI=1S/C13H25NO2/c1-4-11-6-8-14(9-7-11)10-13(3,5-2)12(15)16/h11H,4-10H2,1-3H3,(H,15,16). The summed E-state index contributed by atoms with van der Waals surface area (Å²) in [5.41, 5.74) is -0.570. The first-order valence-electron chi connectivity index (χ1n) is 6.47. The van der Waals surface area contributed by atoms with Crippen LogP contribution >= 0.6 is 0 Å². The average molecular weight is 227 g/mol. The highest BCUT2D eigenvalue weighted by Gasteiger charge is 2.34. The maximum Gasteiger partial charge on any atom is 0.310 e. The number of piperidine rings is 1. The Balaban J connectivity index is 2.46. The molecule has 1 saturated heterocycles. The van der Waals surface area contributed by atoms with Gasteiger partial charge in [-0.25, -0.2) is 0 Å². The minimum atomic E-state index is -0.660. The third kappa shape index (κ3) is 3.21. The van der Waals surface area contributed by atoms with Crippen molar-refractivity contribution in [1.82, 2.24) is 4.90 Å². The second-order valence-corrected chi connectivity index (χ2v) is 5.35. The molecule has 1 unspecified atom stereocenters. The van der Waals surface area contributed by atoms with Crippen LogP contribution in [0.3, 0.4) is 0 Å². The van der Waals surface area contributed by atoms with Gasteiger partial charge in [0.25, 0.3) is 0 Å². The van der Waals surface area contributed by atoms with Gasteiger partial charge in [-0.05, 0) is 45.2 Å². The number of likely N-dealkylation sites (tertiary alicyclic amines) is 1. The summed E-state index contributed by atoms with van der Waals surface area (Å²) in [4.78, 5) is 13.5. The molecule has 0 amide bonds. The highest BCUT2D eigenvalue weighted by molar-refractivity contribution is 5.74. The zero-order chi connectivity index (χ0) is 12.2. The molecule has 1 heterocycles. The van der Waals surface area contributed by atoms with E-state index in [2.05, 4.69) is 11.8 Å². The third-order valence-corrected chi connectivity index (χ3v) is 4.15. The SMILES string of the molecule is CCC1CCN(CC(C)(CC)C(=O)O)CC1. The summed E-state index contributed by atoms with van der Waals surface area (Å²) in [6.45, 7) is 8.92. The number of rotatable bonds is 5. The minimum absolute atomic E-state index is 0.570. The van der Waals surface area contributed by atoms with Gasteiger partial charge in [0.1, 0.15) is 0 Å². The van der Waals surface area contributed by atoms with Crippen LogP contribution in [0.25, 0.3) is 0 Å². The predicted molar refractivity (Wildman–Crippen MR) is 65.5 cm³/mol. The van der Waals surface area contributed by atoms with E-state index in [1.165, 1.54) is 19.3 Å². The molecular weight excluding hydrogens is 202 g/mol. The molecule has 1 aliphatic heterocycles. The fourth-order valence-electron chi connectivity index (χ4n) is 2.38. The first-order valence-corrected chi connectivity index (χ1v) is 6.47. The van der Waals surface area contributed by atoms with E-state index in [0.29, 0.717) is 13.0 Å². The van der Waals surface area contributed by atoms with Gasteiger partial charge < -0.3 is 10.0 Å². The van der Waals surface area contributed by atoms with Gasteiger partial charge >= 0.3 is 5.97 Å². The van der Waals surface area contributed by atoms with Crippen molar-refractivity contribution in [2.75, 3.05) is 19.6 Å². The van der Waals surface area contributed by atoms with E-state index in [9.17, 15) is 9.90 Å². The Kier molecular flexibility index (Phi) is 4.78. The van der Waals surface area contributed by atoms with E-state index in [1.54, 1.807) is 0 Å². The molecule has 0 spiro atoms. The maximum absolute atomic E-state index is 11.2. The van der Waals surface area contributed by atoms with Crippen molar-refractivity contribution in [2.45, 2.75) is 46.5 Å². The number of aliphatic carboxylic acids is 1. The van der Waals surface area contributed by atoms with Crippen LogP contribution in [0.2, 0.25) is 0 Å². The molecule has 0 aromatic carbocycles. The second-order valence-electron chi connectivity index (χ2n) is 5.35. The van der Waals surface area contributed by atoms with Gasteiger partial charge in [-0.1, -0.05) is 20.3 Å². The van der Waals surface area contributed by atoms with Gasteiger partial charge in [-0.2, -0.15) is 0 Å². The van der Waals surface area contributed by atoms with Crippen molar-refractivity contribution >= 4 is 5.97 Å². The first kappa shape index (κ1) is 13.5. The van der Waals surface area contributed by atoms with Gasteiger partial charge in [0.05, 0.1) is 5.41 Å². The lowest BCUT2D eigenvalue weighted by molar-refractivity contribution is -0.149. The molecule has 1 N–H and O–H groups in total. The van der Waals surface area contributed by atoms with Crippen molar-refractivity contribution in [2.24, 2.45) is 11.3 Å². The fraction of sp³-hybridized carbons (Fsp3) is 0.923. The summed E-state index contributed by atoms with van der Waals surface area (Å²) in [5.74, 6) is 0.196. The second kappa shape index (κ2) is 5.67. The van der Waals surface area contributed by atoms with Crippen molar-refractivity contribution in [3.8, 4) is 0 Å². The molecule has 1 aliphatic rings. The zero-order valence-electron chi connectivity index (χ0n) is 10.8. The number of carboxylic acids is 1. The highest BCUT2D eigenvalue weighted by Crippen LogP contribution is 2.26. The van der Waals surface area contributed by atoms with Gasteiger partial charge in [0, 0.05) is 6.54 Å². The van der Waals surface area contributed by atoms with Crippen LogP contribution in [0.15, 0.2) is 0 Å². The Morgan fingerprint density at radius 2 is 1.94 bits per heavy atom. The summed E-state index contributed by atoms with van der Waals surface area (Å²) in [6, 6.07) is 0. The van der Waals surface area contributed by atoms with E-state index in [4.69, 9.17) is 0 Å². The molecule has 0 bridgehead atoms. The molecule has 94 valence electrons. The Hall–Kier alpha value is -0.570. The zero-order valence-corrected chi connectivity index (χ0v) is 10.8. The van der Waals surface area contributed by atoms with Crippen molar-refractivity contribution < 1.29 is 9.90 Å². The van der Waals surface area contributed by atoms with Crippen LogP contribution < -0.4 is 0 Å². The van der Waals surface area contributed by atoms with Gasteiger partial charge in [0.15, 0.2) is 0 Å². The molecule has 0 radical (unpaired) electrons. The molecule has 16 heavy (non-hydrogen) atoms. The lowest BCUT2D eigenvalue weighted by Crippen LogP contribution is -2.44. The van der Waals surface area contributed by atoms with E-state index in [1.807, 2.05) is 13.8 Å². The molecule has 1 rings (SSSR count). The Morgan fingerprint density at radius 1 is 1.38 bits per heavy atom. The molecule has 1 fully saturated rings. The summed E-state index contributed by atoms with van der Waals surface area (Å²) >= 11 is 0. The third-order valence-electron chi connectivity index (χ3n) is 4.15. The minimum Gasteiger partial charge on any atom is -0.481 e. The van der Waals surface area contributed by atoms with Gasteiger partial charge in [-0.15, -0.1) is 0 Å². The molecule has 0 aliphatic carbocycles. The number of nitrogens with zero attached hydrogens (tertiary/aromatic N) is 1. The summed E-state index contributed by atoms with van der Waals surface area (Å²) in [7, 11) is 0. The average Bonchev–Trinajstić information content (AvgIpc) is 2.29. The quantitative estimate of drug-likeness (QED) is 0.785. The normalized spacial score (nSPS) is 22.9. The van der Waals surface area contributed by atoms with Crippen LogP contribution in [-0.2, 0) is 4.79 Å². The number of carboxylic acid groups (broad SMARTS) is 1.